The molecule has 0 spiro atoms. The van der Waals surface area contributed by atoms with Crippen molar-refractivity contribution >= 4 is 32.5 Å². The van der Waals surface area contributed by atoms with E-state index < -0.39 is 10.0 Å². The van der Waals surface area contributed by atoms with Gasteiger partial charge in [0, 0.05) is 27.9 Å². The summed E-state index contributed by atoms with van der Waals surface area (Å²) in [7, 11) is -3.78. The standard InChI is InChI=1S/C26H21ClN4O3S/c27-20-8-5-19(6-9-20)26-30-22(15-31(26)23-11-13-24(14-12-23)35(28,32)33)17-34-16-21-10-7-18-3-1-2-4-25(18)29-21/h1-15H,16-17H2,(H2,28,32,33). The van der Waals surface area contributed by atoms with Crippen molar-refractivity contribution in [1.29, 1.82) is 0 Å². The molecule has 0 fully saturated rings. The number of nitrogens with zero attached hydrogens (tertiary/aromatic N) is 3. The van der Waals surface area contributed by atoms with Crippen LogP contribution >= 0.6 is 11.6 Å². The van der Waals surface area contributed by atoms with Crippen LogP contribution in [-0.4, -0.2) is 23.0 Å². The van der Waals surface area contributed by atoms with E-state index in [1.54, 1.807) is 24.3 Å². The Morgan fingerprint density at radius 1 is 0.829 bits per heavy atom. The second-order valence-electron chi connectivity index (χ2n) is 7.96. The summed E-state index contributed by atoms with van der Waals surface area (Å²) in [6.45, 7) is 0.619. The van der Waals surface area contributed by atoms with Crippen molar-refractivity contribution in [1.82, 2.24) is 14.5 Å². The molecule has 0 aliphatic heterocycles. The topological polar surface area (TPSA) is 100 Å². The van der Waals surface area contributed by atoms with Crippen LogP contribution in [0.25, 0.3) is 28.0 Å². The molecule has 0 unspecified atom stereocenters. The summed E-state index contributed by atoms with van der Waals surface area (Å²) < 4.78 is 31.1. The molecule has 0 saturated carbocycles. The van der Waals surface area contributed by atoms with Crippen LogP contribution < -0.4 is 5.14 Å². The van der Waals surface area contributed by atoms with Crippen molar-refractivity contribution in [2.75, 3.05) is 0 Å². The number of rotatable bonds is 7. The van der Waals surface area contributed by atoms with Crippen LogP contribution in [0.4, 0.5) is 0 Å². The monoisotopic (exact) mass is 504 g/mol. The number of hydrogen-bond donors (Lipinski definition) is 1. The van der Waals surface area contributed by atoms with Crippen molar-refractivity contribution in [3.8, 4) is 17.1 Å². The zero-order valence-corrected chi connectivity index (χ0v) is 20.1. The fraction of sp³-hybridized carbons (Fsp3) is 0.0769. The first kappa shape index (κ1) is 23.2. The molecule has 2 heterocycles. The average molecular weight is 505 g/mol. The van der Waals surface area contributed by atoms with E-state index in [2.05, 4.69) is 4.98 Å². The van der Waals surface area contributed by atoms with E-state index in [9.17, 15) is 8.42 Å². The first-order valence-corrected chi connectivity index (χ1v) is 12.7. The number of ether oxygens (including phenoxy) is 1. The summed E-state index contributed by atoms with van der Waals surface area (Å²) in [5.74, 6) is 0.674. The first-order chi connectivity index (χ1) is 16.9. The zero-order chi connectivity index (χ0) is 24.4. The molecule has 0 amide bonds. The Labute approximate surface area is 207 Å². The smallest absolute Gasteiger partial charge is 0.238 e. The molecule has 5 rings (SSSR count). The van der Waals surface area contributed by atoms with Crippen molar-refractivity contribution in [2.24, 2.45) is 5.14 Å². The van der Waals surface area contributed by atoms with Gasteiger partial charge in [0.15, 0.2) is 0 Å². The molecule has 0 aliphatic carbocycles. The summed E-state index contributed by atoms with van der Waals surface area (Å²) >= 11 is 6.06. The summed E-state index contributed by atoms with van der Waals surface area (Å²) in [4.78, 5) is 9.45. The van der Waals surface area contributed by atoms with E-state index in [4.69, 9.17) is 26.5 Å². The van der Waals surface area contributed by atoms with Gasteiger partial charge in [0.25, 0.3) is 0 Å². The Hall–Kier alpha value is -3.56. The molecule has 7 nitrogen and oxygen atoms in total. The minimum Gasteiger partial charge on any atom is -0.369 e. The van der Waals surface area contributed by atoms with E-state index in [1.165, 1.54) is 12.1 Å². The van der Waals surface area contributed by atoms with E-state index in [1.807, 2.05) is 59.3 Å². The lowest BCUT2D eigenvalue weighted by Gasteiger charge is -2.09. The molecule has 0 saturated heterocycles. The van der Waals surface area contributed by atoms with Crippen LogP contribution in [-0.2, 0) is 28.0 Å². The van der Waals surface area contributed by atoms with Crippen LogP contribution in [0, 0.1) is 0 Å². The molecule has 0 atom stereocenters. The molecular weight excluding hydrogens is 484 g/mol. The van der Waals surface area contributed by atoms with Crippen molar-refractivity contribution < 1.29 is 13.2 Å². The van der Waals surface area contributed by atoms with Crippen molar-refractivity contribution in [3.63, 3.8) is 0 Å². The maximum absolute atomic E-state index is 11.6. The minimum atomic E-state index is -3.78. The molecule has 2 N–H and O–H groups in total. The molecule has 176 valence electrons. The second-order valence-corrected chi connectivity index (χ2v) is 9.96. The van der Waals surface area contributed by atoms with Crippen LogP contribution in [0.1, 0.15) is 11.4 Å². The van der Waals surface area contributed by atoms with Gasteiger partial charge in [-0.3, -0.25) is 9.55 Å². The van der Waals surface area contributed by atoms with Gasteiger partial charge in [-0.2, -0.15) is 0 Å². The van der Waals surface area contributed by atoms with Gasteiger partial charge in [-0.25, -0.2) is 18.5 Å². The highest BCUT2D eigenvalue weighted by Crippen LogP contribution is 2.26. The Bertz CT molecular complexity index is 1600. The van der Waals surface area contributed by atoms with Gasteiger partial charge in [-0.15, -0.1) is 0 Å². The molecule has 9 heteroatoms. The van der Waals surface area contributed by atoms with Gasteiger partial charge in [-0.05, 0) is 60.7 Å². The van der Waals surface area contributed by atoms with E-state index in [0.29, 0.717) is 23.1 Å². The maximum atomic E-state index is 11.6. The van der Waals surface area contributed by atoms with Crippen molar-refractivity contribution in [2.45, 2.75) is 18.1 Å². The largest absolute Gasteiger partial charge is 0.369 e. The highest BCUT2D eigenvalue weighted by Gasteiger charge is 2.14. The molecule has 0 aliphatic rings. The van der Waals surface area contributed by atoms with E-state index in [-0.39, 0.29) is 11.5 Å². The fourth-order valence-electron chi connectivity index (χ4n) is 3.74. The van der Waals surface area contributed by atoms with Gasteiger partial charge in [0.05, 0.1) is 35.0 Å². The Morgan fingerprint density at radius 3 is 2.29 bits per heavy atom. The highest BCUT2D eigenvalue weighted by molar-refractivity contribution is 7.89. The molecule has 0 bridgehead atoms. The lowest BCUT2D eigenvalue weighted by molar-refractivity contribution is 0.102. The minimum absolute atomic E-state index is 0.0425. The summed E-state index contributed by atoms with van der Waals surface area (Å²) in [6, 6.07) is 25.6. The number of aromatic nitrogens is 3. The second kappa shape index (κ2) is 9.59. The number of nitrogens with two attached hydrogens (primary N) is 1. The summed E-state index contributed by atoms with van der Waals surface area (Å²) in [6.07, 6.45) is 1.86. The third kappa shape index (κ3) is 5.26. The number of pyridine rings is 1. The quantitative estimate of drug-likeness (QED) is 0.332. The molecule has 3 aromatic carbocycles. The highest BCUT2D eigenvalue weighted by atomic mass is 35.5. The average Bonchev–Trinajstić information content (AvgIpc) is 3.28. The van der Waals surface area contributed by atoms with Gasteiger partial charge >= 0.3 is 0 Å². The zero-order valence-electron chi connectivity index (χ0n) is 18.5. The predicted octanol–water partition coefficient (Wildman–Crippen LogP) is 5.11. The number of imidazole rings is 1. The van der Waals surface area contributed by atoms with Gasteiger partial charge in [0.2, 0.25) is 10.0 Å². The maximum Gasteiger partial charge on any atom is 0.238 e. The SMILES string of the molecule is NS(=O)(=O)c1ccc(-n2cc(COCc3ccc4ccccc4n3)nc2-c2ccc(Cl)cc2)cc1. The lowest BCUT2D eigenvalue weighted by atomic mass is 10.2. The molecular formula is C26H21ClN4O3S. The Morgan fingerprint density at radius 2 is 1.54 bits per heavy atom. The number of fused-ring (bicyclic) bond motifs is 1. The molecule has 35 heavy (non-hydrogen) atoms. The van der Waals surface area contributed by atoms with E-state index in [0.717, 1.165) is 27.8 Å². The van der Waals surface area contributed by atoms with Crippen molar-refractivity contribution in [3.05, 3.63) is 108 Å². The van der Waals surface area contributed by atoms with Crippen LogP contribution in [0.3, 0.4) is 0 Å². The number of primary sulfonamides is 1. The number of para-hydroxylation sites is 1. The fourth-order valence-corrected chi connectivity index (χ4v) is 4.38. The number of benzene rings is 3. The number of halogens is 1. The number of hydrogen-bond acceptors (Lipinski definition) is 5. The number of sulfonamides is 1. The Balaban J connectivity index is 1.41. The predicted molar refractivity (Wildman–Crippen MR) is 136 cm³/mol. The normalized spacial score (nSPS) is 11.7. The third-order valence-electron chi connectivity index (χ3n) is 5.46. The van der Waals surface area contributed by atoms with E-state index >= 15 is 0 Å². The van der Waals surface area contributed by atoms with Crippen LogP contribution in [0.15, 0.2) is 96.0 Å². The molecule has 5 aromatic rings. The van der Waals surface area contributed by atoms with Gasteiger partial charge < -0.3 is 4.74 Å². The Kier molecular flexibility index (Phi) is 6.36. The first-order valence-electron chi connectivity index (χ1n) is 10.8. The van der Waals surface area contributed by atoms with Crippen LogP contribution in [0.2, 0.25) is 5.02 Å². The van der Waals surface area contributed by atoms with Gasteiger partial charge in [-0.1, -0.05) is 35.9 Å². The molecule has 0 radical (unpaired) electrons. The summed E-state index contributed by atoms with van der Waals surface area (Å²) in [5, 5.41) is 6.94. The summed E-state index contributed by atoms with van der Waals surface area (Å²) in [5.41, 5.74) is 4.06. The van der Waals surface area contributed by atoms with Crippen LogP contribution in [0.5, 0.6) is 0 Å². The molecule has 2 aromatic heterocycles. The lowest BCUT2D eigenvalue weighted by Crippen LogP contribution is -2.12. The van der Waals surface area contributed by atoms with Gasteiger partial charge in [0.1, 0.15) is 5.82 Å². The third-order valence-corrected chi connectivity index (χ3v) is 6.64.